The summed E-state index contributed by atoms with van der Waals surface area (Å²) in [6.07, 6.45) is 0.680. The highest BCUT2D eigenvalue weighted by atomic mass is 32.2. The number of sulfonamides is 1. The third-order valence-corrected chi connectivity index (χ3v) is 5.62. The van der Waals surface area contributed by atoms with Gasteiger partial charge in [0, 0.05) is 18.6 Å². The predicted octanol–water partition coefficient (Wildman–Crippen LogP) is 2.53. The first-order chi connectivity index (χ1) is 10.9. The van der Waals surface area contributed by atoms with Crippen LogP contribution in [-0.2, 0) is 14.8 Å². The van der Waals surface area contributed by atoms with Crippen LogP contribution in [0.25, 0.3) is 0 Å². The van der Waals surface area contributed by atoms with Gasteiger partial charge in [0.05, 0.1) is 19.0 Å². The highest BCUT2D eigenvalue weighted by Crippen LogP contribution is 2.21. The summed E-state index contributed by atoms with van der Waals surface area (Å²) < 4.78 is 37.7. The normalized spacial score (nSPS) is 22.3. The smallest absolute Gasteiger partial charge is 0.211 e. The zero-order valence-corrected chi connectivity index (χ0v) is 14.9. The summed E-state index contributed by atoms with van der Waals surface area (Å²) in [6, 6.07) is 7.93. The van der Waals surface area contributed by atoms with Crippen LogP contribution in [0.2, 0.25) is 0 Å². The highest BCUT2D eigenvalue weighted by Gasteiger charge is 2.29. The second kappa shape index (κ2) is 8.13. The van der Waals surface area contributed by atoms with Crippen molar-refractivity contribution in [3.05, 3.63) is 29.8 Å². The summed E-state index contributed by atoms with van der Waals surface area (Å²) in [7, 11) is -3.21. The average molecular weight is 341 g/mol. The topological polar surface area (TPSA) is 64.6 Å². The van der Waals surface area contributed by atoms with Gasteiger partial charge >= 0.3 is 0 Å². The monoisotopic (exact) mass is 341 g/mol. The lowest BCUT2D eigenvalue weighted by Gasteiger charge is -2.31. The molecule has 1 heterocycles. The van der Waals surface area contributed by atoms with E-state index in [0.717, 1.165) is 5.75 Å². The zero-order valence-electron chi connectivity index (χ0n) is 14.1. The van der Waals surface area contributed by atoms with E-state index < -0.39 is 10.0 Å². The van der Waals surface area contributed by atoms with Crippen LogP contribution in [-0.4, -0.2) is 40.0 Å². The molecule has 1 aliphatic heterocycles. The van der Waals surface area contributed by atoms with Crippen molar-refractivity contribution >= 4 is 10.0 Å². The molecule has 0 aliphatic carbocycles. The lowest BCUT2D eigenvalue weighted by Crippen LogP contribution is -2.47. The number of ether oxygens (including phenoxy) is 2. The molecule has 6 heteroatoms. The second-order valence-corrected chi connectivity index (χ2v) is 8.33. The van der Waals surface area contributed by atoms with Crippen LogP contribution >= 0.6 is 0 Å². The SMILES string of the molecule is CCS(=O)(=O)NC1CCOCC1COc1ccc(C(C)C)cc1. The van der Waals surface area contributed by atoms with Gasteiger partial charge in [0.1, 0.15) is 5.75 Å². The third kappa shape index (κ3) is 5.48. The quantitative estimate of drug-likeness (QED) is 0.828. The Morgan fingerprint density at radius 2 is 2.00 bits per heavy atom. The third-order valence-electron chi connectivity index (χ3n) is 4.20. The minimum atomic E-state index is -3.21. The summed E-state index contributed by atoms with van der Waals surface area (Å²) in [5.41, 5.74) is 1.27. The van der Waals surface area contributed by atoms with E-state index in [1.165, 1.54) is 5.56 Å². The van der Waals surface area contributed by atoms with Crippen molar-refractivity contribution in [1.82, 2.24) is 4.72 Å². The Balaban J connectivity index is 1.94. The molecule has 5 nitrogen and oxygen atoms in total. The van der Waals surface area contributed by atoms with E-state index in [4.69, 9.17) is 9.47 Å². The van der Waals surface area contributed by atoms with Crippen LogP contribution in [0.5, 0.6) is 5.75 Å². The Hall–Kier alpha value is -1.11. The van der Waals surface area contributed by atoms with E-state index in [1.807, 2.05) is 12.1 Å². The Kier molecular flexibility index (Phi) is 6.44. The molecule has 0 saturated carbocycles. The predicted molar refractivity (Wildman–Crippen MR) is 91.3 cm³/mol. The minimum Gasteiger partial charge on any atom is -0.493 e. The molecule has 0 aromatic heterocycles. The Morgan fingerprint density at radius 3 is 2.61 bits per heavy atom. The summed E-state index contributed by atoms with van der Waals surface area (Å²) in [4.78, 5) is 0. The van der Waals surface area contributed by atoms with Crippen LogP contribution in [0.1, 0.15) is 38.7 Å². The minimum absolute atomic E-state index is 0.0230. The molecule has 1 aromatic carbocycles. The Bertz CT molecular complexity index is 583. The van der Waals surface area contributed by atoms with Crippen LogP contribution in [0.3, 0.4) is 0 Å². The molecule has 130 valence electrons. The molecule has 0 radical (unpaired) electrons. The van der Waals surface area contributed by atoms with Crippen molar-refractivity contribution in [2.75, 3.05) is 25.6 Å². The van der Waals surface area contributed by atoms with Gasteiger partial charge in [-0.3, -0.25) is 0 Å². The van der Waals surface area contributed by atoms with Gasteiger partial charge in [-0.1, -0.05) is 26.0 Å². The number of benzene rings is 1. The molecule has 1 N–H and O–H groups in total. The molecule has 2 atom stereocenters. The maximum absolute atomic E-state index is 11.8. The summed E-state index contributed by atoms with van der Waals surface area (Å²) in [5, 5.41) is 0. The maximum Gasteiger partial charge on any atom is 0.211 e. The lowest BCUT2D eigenvalue weighted by atomic mass is 9.98. The van der Waals surface area contributed by atoms with Crippen molar-refractivity contribution in [2.24, 2.45) is 5.92 Å². The molecule has 23 heavy (non-hydrogen) atoms. The first-order valence-corrected chi connectivity index (χ1v) is 9.87. The fourth-order valence-corrected chi connectivity index (χ4v) is 3.52. The number of rotatable bonds is 7. The lowest BCUT2D eigenvalue weighted by molar-refractivity contribution is 0.0186. The van der Waals surface area contributed by atoms with Crippen molar-refractivity contribution in [3.8, 4) is 5.75 Å². The van der Waals surface area contributed by atoms with E-state index in [0.29, 0.717) is 32.2 Å². The summed E-state index contributed by atoms with van der Waals surface area (Å²) >= 11 is 0. The van der Waals surface area contributed by atoms with Gasteiger partial charge in [-0.2, -0.15) is 0 Å². The summed E-state index contributed by atoms with van der Waals surface area (Å²) in [5.74, 6) is 1.41. The van der Waals surface area contributed by atoms with E-state index >= 15 is 0 Å². The highest BCUT2D eigenvalue weighted by molar-refractivity contribution is 7.89. The van der Waals surface area contributed by atoms with E-state index in [2.05, 4.69) is 30.7 Å². The molecular weight excluding hydrogens is 314 g/mol. The molecule has 0 bridgehead atoms. The van der Waals surface area contributed by atoms with Gasteiger partial charge in [0.25, 0.3) is 0 Å². The molecule has 1 aliphatic rings. The fourth-order valence-electron chi connectivity index (χ4n) is 2.58. The molecule has 1 aromatic rings. The number of nitrogens with one attached hydrogen (secondary N) is 1. The van der Waals surface area contributed by atoms with Gasteiger partial charge in [-0.05, 0) is 37.0 Å². The molecular formula is C17H27NO4S. The van der Waals surface area contributed by atoms with Crippen molar-refractivity contribution in [3.63, 3.8) is 0 Å². The molecule has 1 fully saturated rings. The first kappa shape index (κ1) is 18.2. The van der Waals surface area contributed by atoms with Gasteiger partial charge in [-0.15, -0.1) is 0 Å². The van der Waals surface area contributed by atoms with E-state index in [1.54, 1.807) is 6.92 Å². The molecule has 1 saturated heterocycles. The Labute approximate surface area is 139 Å². The van der Waals surface area contributed by atoms with Gasteiger partial charge in [0.2, 0.25) is 10.0 Å². The maximum atomic E-state index is 11.8. The van der Waals surface area contributed by atoms with Gasteiger partial charge in [-0.25, -0.2) is 13.1 Å². The molecule has 0 spiro atoms. The molecule has 0 amide bonds. The van der Waals surface area contributed by atoms with Crippen LogP contribution < -0.4 is 9.46 Å². The van der Waals surface area contributed by atoms with Crippen molar-refractivity contribution < 1.29 is 17.9 Å². The second-order valence-electron chi connectivity index (χ2n) is 6.29. The van der Waals surface area contributed by atoms with Crippen molar-refractivity contribution in [1.29, 1.82) is 0 Å². The largest absolute Gasteiger partial charge is 0.493 e. The summed E-state index contributed by atoms with van der Waals surface area (Å²) in [6.45, 7) is 7.48. The van der Waals surface area contributed by atoms with E-state index in [-0.39, 0.29) is 17.7 Å². The van der Waals surface area contributed by atoms with Crippen LogP contribution in [0.4, 0.5) is 0 Å². The average Bonchev–Trinajstić information content (AvgIpc) is 2.54. The van der Waals surface area contributed by atoms with Gasteiger partial charge < -0.3 is 9.47 Å². The molecule has 2 rings (SSSR count). The standard InChI is InChI=1S/C17H27NO4S/c1-4-23(19,20)18-17-9-10-21-11-15(17)12-22-16-7-5-14(6-8-16)13(2)3/h5-8,13,15,17-18H,4,9-12H2,1-3H3. The number of hydrogen-bond acceptors (Lipinski definition) is 4. The Morgan fingerprint density at radius 1 is 1.30 bits per heavy atom. The van der Waals surface area contributed by atoms with Gasteiger partial charge in [0.15, 0.2) is 0 Å². The van der Waals surface area contributed by atoms with E-state index in [9.17, 15) is 8.42 Å². The van der Waals surface area contributed by atoms with Crippen LogP contribution in [0, 0.1) is 5.92 Å². The van der Waals surface area contributed by atoms with Crippen molar-refractivity contribution in [2.45, 2.75) is 39.2 Å². The fraction of sp³-hybridized carbons (Fsp3) is 0.647. The molecule has 2 unspecified atom stereocenters. The number of hydrogen-bond donors (Lipinski definition) is 1. The van der Waals surface area contributed by atoms with Crippen LogP contribution in [0.15, 0.2) is 24.3 Å². The first-order valence-electron chi connectivity index (χ1n) is 8.21. The zero-order chi connectivity index (χ0) is 16.9.